The highest BCUT2D eigenvalue weighted by Gasteiger charge is 2.34. The number of amides is 2. The zero-order chi connectivity index (χ0) is 23.4. The molecule has 2 aromatic rings. The highest BCUT2D eigenvalue weighted by atomic mass is 32.1. The van der Waals surface area contributed by atoms with E-state index in [2.05, 4.69) is 19.2 Å². The van der Waals surface area contributed by atoms with Gasteiger partial charge in [0.15, 0.2) is 23.2 Å². The van der Waals surface area contributed by atoms with E-state index in [1.807, 2.05) is 12.1 Å². The molecule has 1 aliphatic heterocycles. The number of nitrogens with one attached hydrogen (secondary N) is 1. The Bertz CT molecular complexity index is 1110. The fraction of sp³-hybridized carbons (Fsp3) is 0.217. The second-order valence-electron chi connectivity index (χ2n) is 7.30. The van der Waals surface area contributed by atoms with Gasteiger partial charge in [-0.3, -0.25) is 19.8 Å². The molecule has 1 saturated heterocycles. The van der Waals surface area contributed by atoms with Crippen LogP contribution < -0.4 is 19.7 Å². The van der Waals surface area contributed by atoms with E-state index in [1.54, 1.807) is 24.3 Å². The minimum absolute atomic E-state index is 0.00412. The number of benzene rings is 2. The van der Waals surface area contributed by atoms with Crippen LogP contribution in [0, 0.1) is 0 Å². The van der Waals surface area contributed by atoms with Gasteiger partial charge in [0.2, 0.25) is 0 Å². The van der Waals surface area contributed by atoms with E-state index in [0.29, 0.717) is 17.2 Å². The van der Waals surface area contributed by atoms with Crippen LogP contribution in [0.4, 0.5) is 5.69 Å². The molecule has 1 heterocycles. The molecule has 0 radical (unpaired) electrons. The Labute approximate surface area is 190 Å². The lowest BCUT2D eigenvalue weighted by Gasteiger charge is -2.29. The first-order chi connectivity index (χ1) is 15.2. The van der Waals surface area contributed by atoms with Gasteiger partial charge < -0.3 is 14.6 Å². The molecule has 0 aliphatic carbocycles. The summed E-state index contributed by atoms with van der Waals surface area (Å²) in [6, 6.07) is 12.0. The number of anilines is 1. The summed E-state index contributed by atoms with van der Waals surface area (Å²) in [6.45, 7) is 3.61. The molecular weight excluding hydrogens is 432 g/mol. The number of carbonyl (C=O) groups excluding carboxylic acids is 2. The predicted molar refractivity (Wildman–Crippen MR) is 123 cm³/mol. The summed E-state index contributed by atoms with van der Waals surface area (Å²) in [5.74, 6) is -1.47. The summed E-state index contributed by atoms with van der Waals surface area (Å²) in [4.78, 5) is 37.7. The molecular formula is C23H22N2O6S. The molecule has 166 valence electrons. The van der Waals surface area contributed by atoms with Crippen LogP contribution in [0.2, 0.25) is 0 Å². The van der Waals surface area contributed by atoms with Crippen molar-refractivity contribution in [1.29, 1.82) is 0 Å². The Morgan fingerprint density at radius 1 is 1.16 bits per heavy atom. The molecule has 0 spiro atoms. The van der Waals surface area contributed by atoms with Crippen LogP contribution in [0.15, 0.2) is 48.0 Å². The maximum absolute atomic E-state index is 13.2. The van der Waals surface area contributed by atoms with Crippen LogP contribution in [0.1, 0.15) is 30.9 Å². The summed E-state index contributed by atoms with van der Waals surface area (Å²) < 4.78 is 10.4. The number of nitrogens with zero attached hydrogens (tertiary/aromatic N) is 1. The van der Waals surface area contributed by atoms with E-state index >= 15 is 0 Å². The third-order valence-corrected chi connectivity index (χ3v) is 5.05. The lowest BCUT2D eigenvalue weighted by molar-refractivity contribution is -0.139. The van der Waals surface area contributed by atoms with Crippen LogP contribution >= 0.6 is 12.2 Å². The Hall–Kier alpha value is -3.72. The van der Waals surface area contributed by atoms with Gasteiger partial charge in [0.05, 0.1) is 12.8 Å². The highest BCUT2D eigenvalue weighted by Crippen LogP contribution is 2.30. The van der Waals surface area contributed by atoms with E-state index in [1.165, 1.54) is 24.2 Å². The molecule has 0 aromatic heterocycles. The van der Waals surface area contributed by atoms with Crippen molar-refractivity contribution in [2.24, 2.45) is 0 Å². The molecule has 8 nitrogen and oxygen atoms in total. The third-order valence-electron chi connectivity index (χ3n) is 4.77. The second-order valence-corrected chi connectivity index (χ2v) is 7.68. The molecule has 3 rings (SSSR count). The number of hydrogen-bond acceptors (Lipinski definition) is 6. The maximum Gasteiger partial charge on any atom is 0.341 e. The predicted octanol–water partition coefficient (Wildman–Crippen LogP) is 3.11. The summed E-state index contributed by atoms with van der Waals surface area (Å²) in [7, 11) is 1.40. The number of methoxy groups -OCH3 is 1. The first-order valence-corrected chi connectivity index (χ1v) is 10.2. The van der Waals surface area contributed by atoms with E-state index in [4.69, 9.17) is 26.8 Å². The Morgan fingerprint density at radius 2 is 1.84 bits per heavy atom. The number of aliphatic carboxylic acids is 1. The average Bonchev–Trinajstić information content (AvgIpc) is 2.75. The Balaban J connectivity index is 1.92. The van der Waals surface area contributed by atoms with E-state index in [9.17, 15) is 14.4 Å². The van der Waals surface area contributed by atoms with Gasteiger partial charge in [-0.05, 0) is 59.6 Å². The number of carboxylic acid groups (broad SMARTS) is 1. The molecule has 0 atom stereocenters. The molecule has 1 aliphatic rings. The van der Waals surface area contributed by atoms with Crippen LogP contribution in [0.3, 0.4) is 0 Å². The molecule has 9 heteroatoms. The van der Waals surface area contributed by atoms with Gasteiger partial charge in [-0.2, -0.15) is 0 Å². The second kappa shape index (κ2) is 9.61. The molecule has 0 unspecified atom stereocenters. The minimum atomic E-state index is -1.12. The largest absolute Gasteiger partial charge is 0.493 e. The normalized spacial score (nSPS) is 15.2. The zero-order valence-corrected chi connectivity index (χ0v) is 18.6. The topological polar surface area (TPSA) is 105 Å². The lowest BCUT2D eigenvalue weighted by atomic mass is 10.0. The number of thiocarbonyl (C=S) groups is 1. The Kier molecular flexibility index (Phi) is 6.89. The van der Waals surface area contributed by atoms with Crippen LogP contribution in [-0.4, -0.2) is 41.7 Å². The number of rotatable bonds is 7. The van der Waals surface area contributed by atoms with Crippen molar-refractivity contribution >= 4 is 46.9 Å². The van der Waals surface area contributed by atoms with Crippen molar-refractivity contribution in [1.82, 2.24) is 5.32 Å². The van der Waals surface area contributed by atoms with Crippen molar-refractivity contribution in [3.8, 4) is 11.5 Å². The zero-order valence-electron chi connectivity index (χ0n) is 17.7. The highest BCUT2D eigenvalue weighted by molar-refractivity contribution is 7.80. The molecule has 1 fully saturated rings. The molecule has 2 amide bonds. The number of hydrogen-bond donors (Lipinski definition) is 2. The van der Waals surface area contributed by atoms with Crippen molar-refractivity contribution in [2.45, 2.75) is 19.8 Å². The quantitative estimate of drug-likeness (QED) is 0.376. The van der Waals surface area contributed by atoms with Crippen LogP contribution in [0.25, 0.3) is 6.08 Å². The van der Waals surface area contributed by atoms with Gasteiger partial charge in [0.1, 0.15) is 5.57 Å². The maximum atomic E-state index is 13.2. The summed E-state index contributed by atoms with van der Waals surface area (Å²) in [5.41, 5.74) is 2.05. The van der Waals surface area contributed by atoms with Gasteiger partial charge in [-0.25, -0.2) is 4.79 Å². The molecule has 0 saturated carbocycles. The molecule has 32 heavy (non-hydrogen) atoms. The molecule has 2 aromatic carbocycles. The van der Waals surface area contributed by atoms with Crippen molar-refractivity contribution in [3.05, 3.63) is 59.2 Å². The first-order valence-electron chi connectivity index (χ1n) is 9.75. The SMILES string of the molecule is COc1cc(C=C2C(=O)NC(=S)N(c3ccc(C(C)C)cc3)C2=O)ccc1OCC(=O)O. The van der Waals surface area contributed by atoms with E-state index < -0.39 is 24.4 Å². The van der Waals surface area contributed by atoms with Gasteiger partial charge in [-0.15, -0.1) is 0 Å². The number of carbonyl (C=O) groups is 3. The monoisotopic (exact) mass is 454 g/mol. The number of carboxylic acids is 1. The minimum Gasteiger partial charge on any atom is -0.493 e. The van der Waals surface area contributed by atoms with Crippen molar-refractivity contribution in [3.63, 3.8) is 0 Å². The van der Waals surface area contributed by atoms with Crippen molar-refractivity contribution < 1.29 is 29.0 Å². The summed E-state index contributed by atoms with van der Waals surface area (Å²) in [5, 5.41) is 11.3. The standard InChI is InChI=1S/C23H22N2O6S/c1-13(2)15-5-7-16(8-6-15)25-22(29)17(21(28)24-23(25)32)10-14-4-9-18(19(11-14)30-3)31-12-20(26)27/h4-11,13H,12H2,1-3H3,(H,26,27)(H,24,28,32). The van der Waals surface area contributed by atoms with Gasteiger partial charge in [0, 0.05) is 0 Å². The third kappa shape index (κ3) is 4.94. The smallest absolute Gasteiger partial charge is 0.341 e. The van der Waals surface area contributed by atoms with E-state index in [0.717, 1.165) is 5.56 Å². The Morgan fingerprint density at radius 3 is 2.44 bits per heavy atom. The average molecular weight is 455 g/mol. The lowest BCUT2D eigenvalue weighted by Crippen LogP contribution is -2.54. The fourth-order valence-electron chi connectivity index (χ4n) is 3.10. The summed E-state index contributed by atoms with van der Waals surface area (Å²) in [6.07, 6.45) is 1.42. The van der Waals surface area contributed by atoms with Gasteiger partial charge in [-0.1, -0.05) is 32.0 Å². The van der Waals surface area contributed by atoms with Gasteiger partial charge >= 0.3 is 5.97 Å². The van der Waals surface area contributed by atoms with Crippen LogP contribution in [-0.2, 0) is 14.4 Å². The number of ether oxygens (including phenoxy) is 2. The van der Waals surface area contributed by atoms with Crippen LogP contribution in [0.5, 0.6) is 11.5 Å². The van der Waals surface area contributed by atoms with Gasteiger partial charge in [0.25, 0.3) is 11.8 Å². The first kappa shape index (κ1) is 23.0. The van der Waals surface area contributed by atoms with E-state index in [-0.39, 0.29) is 22.2 Å². The summed E-state index contributed by atoms with van der Waals surface area (Å²) >= 11 is 5.23. The fourth-order valence-corrected chi connectivity index (χ4v) is 3.38. The van der Waals surface area contributed by atoms with Crippen molar-refractivity contribution in [2.75, 3.05) is 18.6 Å². The molecule has 2 N–H and O–H groups in total. The molecule has 0 bridgehead atoms.